The first-order valence-electron chi connectivity index (χ1n) is 4.43. The zero-order valence-corrected chi connectivity index (χ0v) is 9.99. The van der Waals surface area contributed by atoms with Crippen LogP contribution in [0.4, 0.5) is 0 Å². The molecule has 0 fully saturated rings. The summed E-state index contributed by atoms with van der Waals surface area (Å²) in [5.74, 6) is -0.686. The van der Waals surface area contributed by atoms with Crippen LogP contribution in [0.2, 0.25) is 0 Å². The molecule has 2 atom stereocenters. The molecule has 0 aliphatic rings. The number of carbonyl (C=O) groups excluding carboxylic acids is 2. The van der Waals surface area contributed by atoms with Gasteiger partial charge in [0.25, 0.3) is 0 Å². The Morgan fingerprint density at radius 1 is 1.00 bits per heavy atom. The summed E-state index contributed by atoms with van der Waals surface area (Å²) < 4.78 is 0. The van der Waals surface area contributed by atoms with Gasteiger partial charge in [-0.3, -0.25) is 9.59 Å². The lowest BCUT2D eigenvalue weighted by Gasteiger charge is -2.13. The van der Waals surface area contributed by atoms with E-state index in [1.807, 2.05) is 13.8 Å². The van der Waals surface area contributed by atoms with Crippen molar-refractivity contribution in [2.24, 2.45) is 11.5 Å². The van der Waals surface area contributed by atoms with E-state index in [1.54, 1.807) is 0 Å². The van der Waals surface area contributed by atoms with E-state index in [-0.39, 0.29) is 22.3 Å². The van der Waals surface area contributed by atoms with E-state index in [4.69, 9.17) is 11.5 Å². The van der Waals surface area contributed by atoms with Gasteiger partial charge in [-0.15, -0.1) is 0 Å². The second kappa shape index (κ2) is 7.00. The summed E-state index contributed by atoms with van der Waals surface area (Å²) in [6.07, 6.45) is 1.34. The minimum Gasteiger partial charge on any atom is -0.369 e. The zero-order valence-electron chi connectivity index (χ0n) is 8.36. The third-order valence-corrected chi connectivity index (χ3v) is 5.10. The van der Waals surface area contributed by atoms with Crippen LogP contribution >= 0.6 is 21.6 Å². The molecule has 4 N–H and O–H groups in total. The number of hydrogen-bond acceptors (Lipinski definition) is 4. The summed E-state index contributed by atoms with van der Waals surface area (Å²) >= 11 is 0. The lowest BCUT2D eigenvalue weighted by atomic mass is 10.3. The maximum absolute atomic E-state index is 10.9. The quantitative estimate of drug-likeness (QED) is 0.643. The predicted molar refractivity (Wildman–Crippen MR) is 61.7 cm³/mol. The van der Waals surface area contributed by atoms with Crippen LogP contribution in [0.5, 0.6) is 0 Å². The summed E-state index contributed by atoms with van der Waals surface area (Å²) in [7, 11) is 2.66. The minimum atomic E-state index is -0.343. The van der Waals surface area contributed by atoms with Gasteiger partial charge >= 0.3 is 0 Å². The molecule has 2 unspecified atom stereocenters. The molecular formula is C8H16N2O2S2. The number of rotatable bonds is 7. The fourth-order valence-corrected chi connectivity index (χ4v) is 3.69. The topological polar surface area (TPSA) is 86.2 Å². The fraction of sp³-hybridized carbons (Fsp3) is 0.750. The highest BCUT2D eigenvalue weighted by molar-refractivity contribution is 8.77. The number of primary amides is 2. The van der Waals surface area contributed by atoms with Crippen LogP contribution in [-0.4, -0.2) is 22.3 Å². The van der Waals surface area contributed by atoms with E-state index < -0.39 is 0 Å². The lowest BCUT2D eigenvalue weighted by Crippen LogP contribution is -2.27. The Labute approximate surface area is 91.9 Å². The molecule has 0 aliphatic carbocycles. The Kier molecular flexibility index (Phi) is 6.82. The molecule has 6 heteroatoms. The molecule has 82 valence electrons. The van der Waals surface area contributed by atoms with Crippen molar-refractivity contribution < 1.29 is 9.59 Å². The number of nitrogens with two attached hydrogens (primary N) is 2. The van der Waals surface area contributed by atoms with Crippen molar-refractivity contribution in [3.63, 3.8) is 0 Å². The molecule has 0 heterocycles. The third-order valence-electron chi connectivity index (χ3n) is 1.66. The van der Waals surface area contributed by atoms with Crippen LogP contribution in [0.3, 0.4) is 0 Å². The Morgan fingerprint density at radius 3 is 1.43 bits per heavy atom. The van der Waals surface area contributed by atoms with E-state index in [2.05, 4.69) is 0 Å². The first kappa shape index (κ1) is 13.6. The van der Waals surface area contributed by atoms with Gasteiger partial charge < -0.3 is 11.5 Å². The van der Waals surface area contributed by atoms with Crippen molar-refractivity contribution in [1.82, 2.24) is 0 Å². The second-order valence-corrected chi connectivity index (χ2v) is 5.47. The van der Waals surface area contributed by atoms with Gasteiger partial charge in [0.15, 0.2) is 0 Å². The Morgan fingerprint density at radius 2 is 1.29 bits per heavy atom. The molecule has 2 amide bonds. The molecule has 0 aromatic rings. The number of carbonyl (C=O) groups is 2. The average molecular weight is 236 g/mol. The first-order valence-corrected chi connectivity index (χ1v) is 6.71. The van der Waals surface area contributed by atoms with Crippen LogP contribution in [0.15, 0.2) is 0 Å². The summed E-state index contributed by atoms with van der Waals surface area (Å²) in [5, 5.41) is -0.484. The molecule has 0 radical (unpaired) electrons. The van der Waals surface area contributed by atoms with Crippen LogP contribution < -0.4 is 11.5 Å². The Balaban J connectivity index is 4.00. The van der Waals surface area contributed by atoms with Gasteiger partial charge in [0.05, 0.1) is 10.5 Å². The van der Waals surface area contributed by atoms with E-state index in [0.29, 0.717) is 12.8 Å². The Hall–Kier alpha value is -0.360. The molecule has 0 spiro atoms. The molecule has 0 rings (SSSR count). The van der Waals surface area contributed by atoms with Crippen molar-refractivity contribution in [1.29, 1.82) is 0 Å². The van der Waals surface area contributed by atoms with E-state index >= 15 is 0 Å². The standard InChI is InChI=1S/C8H16N2O2S2/c1-3-5(7(9)11)13-14-6(4-2)8(10)12/h5-6H,3-4H2,1-2H3,(H2,9,11)(H2,10,12). The van der Waals surface area contributed by atoms with Gasteiger partial charge in [-0.25, -0.2) is 0 Å². The molecule has 0 saturated carbocycles. The molecule has 0 aliphatic heterocycles. The van der Waals surface area contributed by atoms with Crippen molar-refractivity contribution in [3.8, 4) is 0 Å². The van der Waals surface area contributed by atoms with E-state index in [0.717, 1.165) is 0 Å². The van der Waals surface area contributed by atoms with Crippen molar-refractivity contribution in [2.45, 2.75) is 37.2 Å². The first-order chi connectivity index (χ1) is 6.52. The highest BCUT2D eigenvalue weighted by Gasteiger charge is 2.19. The highest BCUT2D eigenvalue weighted by atomic mass is 33.1. The van der Waals surface area contributed by atoms with Gasteiger partial charge in [0, 0.05) is 0 Å². The second-order valence-electron chi connectivity index (χ2n) is 2.79. The maximum atomic E-state index is 10.9. The summed E-state index contributed by atoms with van der Waals surface area (Å²) in [4.78, 5) is 21.7. The molecule has 0 bridgehead atoms. The van der Waals surface area contributed by atoms with Gasteiger partial charge in [0.1, 0.15) is 0 Å². The molecular weight excluding hydrogens is 220 g/mol. The molecule has 0 aromatic heterocycles. The van der Waals surface area contributed by atoms with E-state index in [1.165, 1.54) is 21.6 Å². The summed E-state index contributed by atoms with van der Waals surface area (Å²) in [5.41, 5.74) is 10.3. The molecule has 14 heavy (non-hydrogen) atoms. The van der Waals surface area contributed by atoms with Crippen LogP contribution in [0.25, 0.3) is 0 Å². The summed E-state index contributed by atoms with van der Waals surface area (Å²) in [6, 6.07) is 0. The highest BCUT2D eigenvalue weighted by Crippen LogP contribution is 2.33. The van der Waals surface area contributed by atoms with Crippen molar-refractivity contribution in [3.05, 3.63) is 0 Å². The normalized spacial score (nSPS) is 14.7. The fourth-order valence-electron chi connectivity index (χ4n) is 0.767. The molecule has 0 saturated heterocycles. The summed E-state index contributed by atoms with van der Waals surface area (Å²) in [6.45, 7) is 3.77. The Bertz CT molecular complexity index is 190. The monoisotopic (exact) mass is 236 g/mol. The van der Waals surface area contributed by atoms with Crippen molar-refractivity contribution >= 4 is 33.4 Å². The van der Waals surface area contributed by atoms with Gasteiger partial charge in [-0.2, -0.15) is 0 Å². The van der Waals surface area contributed by atoms with E-state index in [9.17, 15) is 9.59 Å². The molecule has 4 nitrogen and oxygen atoms in total. The van der Waals surface area contributed by atoms with Gasteiger partial charge in [-0.1, -0.05) is 35.4 Å². The number of amides is 2. The van der Waals surface area contributed by atoms with Crippen LogP contribution in [-0.2, 0) is 9.59 Å². The third kappa shape index (κ3) is 4.76. The predicted octanol–water partition coefficient (Wildman–Crippen LogP) is 0.896. The number of hydrogen-bond donors (Lipinski definition) is 2. The molecule has 0 aromatic carbocycles. The van der Waals surface area contributed by atoms with Gasteiger partial charge in [0.2, 0.25) is 11.8 Å². The largest absolute Gasteiger partial charge is 0.369 e. The van der Waals surface area contributed by atoms with Crippen molar-refractivity contribution in [2.75, 3.05) is 0 Å². The minimum absolute atomic E-state index is 0.242. The van der Waals surface area contributed by atoms with Crippen LogP contribution in [0.1, 0.15) is 26.7 Å². The van der Waals surface area contributed by atoms with Gasteiger partial charge in [-0.05, 0) is 12.8 Å². The average Bonchev–Trinajstić information content (AvgIpc) is 2.11. The van der Waals surface area contributed by atoms with Crippen LogP contribution in [0, 0.1) is 0 Å². The lowest BCUT2D eigenvalue weighted by molar-refractivity contribution is -0.118. The zero-order chi connectivity index (χ0) is 11.1. The maximum Gasteiger partial charge on any atom is 0.231 e. The SMILES string of the molecule is CCC(SSC(CC)C(N)=O)C(N)=O. The smallest absolute Gasteiger partial charge is 0.231 e.